The zero-order valence-electron chi connectivity index (χ0n) is 13.8. The van der Waals surface area contributed by atoms with Crippen LogP contribution in [0.2, 0.25) is 5.02 Å². The van der Waals surface area contributed by atoms with E-state index in [1.807, 2.05) is 6.07 Å². The zero-order valence-corrected chi connectivity index (χ0v) is 14.5. The summed E-state index contributed by atoms with van der Waals surface area (Å²) in [5.41, 5.74) is 0.641. The van der Waals surface area contributed by atoms with Gasteiger partial charge in [-0.2, -0.15) is 5.26 Å². The third-order valence-corrected chi connectivity index (χ3v) is 3.51. The second kappa shape index (κ2) is 8.74. The highest BCUT2D eigenvalue weighted by Gasteiger charge is 2.17. The molecule has 2 aromatic carbocycles. The number of ether oxygens (including phenoxy) is 2. The monoisotopic (exact) mass is 374 g/mol. The summed E-state index contributed by atoms with van der Waals surface area (Å²) in [4.78, 5) is 24.0. The van der Waals surface area contributed by atoms with Gasteiger partial charge in [-0.1, -0.05) is 23.7 Å². The Bertz CT molecular complexity index is 876. The number of carbonyl (C=O) groups excluding carboxylic acids is 2. The number of para-hydroxylation sites is 1. The van der Waals surface area contributed by atoms with E-state index >= 15 is 0 Å². The summed E-state index contributed by atoms with van der Waals surface area (Å²) in [6, 6.07) is 10.9. The summed E-state index contributed by atoms with van der Waals surface area (Å²) in [7, 11) is 0. The number of phenols is 1. The van der Waals surface area contributed by atoms with Crippen LogP contribution >= 0.6 is 11.6 Å². The van der Waals surface area contributed by atoms with Crippen molar-refractivity contribution in [3.05, 3.63) is 52.5 Å². The molecule has 0 radical (unpaired) electrons. The van der Waals surface area contributed by atoms with E-state index in [4.69, 9.17) is 26.3 Å². The van der Waals surface area contributed by atoms with Crippen LogP contribution in [0.15, 0.2) is 36.4 Å². The summed E-state index contributed by atoms with van der Waals surface area (Å²) >= 11 is 5.85. The predicted molar refractivity (Wildman–Crippen MR) is 94.4 cm³/mol. The molecule has 0 saturated heterocycles. The van der Waals surface area contributed by atoms with Crippen LogP contribution in [0.5, 0.6) is 11.5 Å². The zero-order chi connectivity index (χ0) is 19.1. The number of anilines is 1. The molecule has 0 heterocycles. The first-order valence-corrected chi connectivity index (χ1v) is 7.95. The number of amides is 1. The number of hydrogen-bond donors (Lipinski definition) is 2. The van der Waals surface area contributed by atoms with Gasteiger partial charge < -0.3 is 19.9 Å². The van der Waals surface area contributed by atoms with Gasteiger partial charge in [-0.05, 0) is 31.2 Å². The Labute approximate surface area is 154 Å². The molecule has 0 saturated carbocycles. The summed E-state index contributed by atoms with van der Waals surface area (Å²) in [5, 5.41) is 21.2. The smallest absolute Gasteiger partial charge is 0.338 e. The van der Waals surface area contributed by atoms with Crippen LogP contribution in [0.1, 0.15) is 22.8 Å². The maximum Gasteiger partial charge on any atom is 0.338 e. The van der Waals surface area contributed by atoms with Crippen molar-refractivity contribution in [3.8, 4) is 17.6 Å². The van der Waals surface area contributed by atoms with Crippen molar-refractivity contribution in [1.29, 1.82) is 5.26 Å². The lowest BCUT2D eigenvalue weighted by atomic mass is 10.2. The fourth-order valence-corrected chi connectivity index (χ4v) is 2.26. The molecule has 0 aliphatic rings. The third-order valence-electron chi connectivity index (χ3n) is 3.22. The first-order valence-electron chi connectivity index (χ1n) is 7.57. The number of benzene rings is 2. The van der Waals surface area contributed by atoms with E-state index in [9.17, 15) is 14.7 Å². The molecule has 7 nitrogen and oxygen atoms in total. The van der Waals surface area contributed by atoms with Crippen LogP contribution < -0.4 is 10.1 Å². The molecule has 8 heteroatoms. The summed E-state index contributed by atoms with van der Waals surface area (Å²) in [6.45, 7) is 1.42. The highest BCUT2D eigenvalue weighted by Crippen LogP contribution is 2.35. The van der Waals surface area contributed by atoms with Crippen molar-refractivity contribution in [3.63, 3.8) is 0 Å². The average Bonchev–Trinajstić information content (AvgIpc) is 2.64. The fourth-order valence-electron chi connectivity index (χ4n) is 2.05. The van der Waals surface area contributed by atoms with Crippen LogP contribution in [-0.4, -0.2) is 30.2 Å². The highest BCUT2D eigenvalue weighted by atomic mass is 35.5. The van der Waals surface area contributed by atoms with Crippen LogP contribution in [0.3, 0.4) is 0 Å². The van der Waals surface area contributed by atoms with Crippen molar-refractivity contribution in [2.45, 2.75) is 6.92 Å². The molecule has 0 bridgehead atoms. The lowest BCUT2D eigenvalue weighted by molar-refractivity contribution is -0.119. The van der Waals surface area contributed by atoms with E-state index in [0.717, 1.165) is 0 Å². The molecule has 0 unspecified atom stereocenters. The largest absolute Gasteiger partial charge is 0.503 e. The van der Waals surface area contributed by atoms with Crippen LogP contribution in [0.4, 0.5) is 5.69 Å². The molecule has 2 aromatic rings. The summed E-state index contributed by atoms with van der Waals surface area (Å²) in [6.07, 6.45) is 0. The molecular weight excluding hydrogens is 360 g/mol. The average molecular weight is 375 g/mol. The number of nitriles is 1. The second-order valence-corrected chi connectivity index (χ2v) is 5.43. The van der Waals surface area contributed by atoms with Gasteiger partial charge >= 0.3 is 5.97 Å². The number of esters is 1. The molecule has 0 fully saturated rings. The molecule has 134 valence electrons. The molecular formula is C18H15ClN2O5. The van der Waals surface area contributed by atoms with Gasteiger partial charge in [0.25, 0.3) is 5.91 Å². The van der Waals surface area contributed by atoms with Gasteiger partial charge in [0.1, 0.15) is 6.07 Å². The Hall–Kier alpha value is -3.24. The van der Waals surface area contributed by atoms with E-state index in [-0.39, 0.29) is 28.7 Å². The van der Waals surface area contributed by atoms with Gasteiger partial charge in [-0.25, -0.2) is 4.79 Å². The number of rotatable bonds is 6. The number of nitrogens with zero attached hydrogens (tertiary/aromatic N) is 1. The maximum absolute atomic E-state index is 12.1. The normalized spacial score (nSPS) is 9.88. The third kappa shape index (κ3) is 4.65. The SMILES string of the molecule is CCOc1cc(C(=O)OCC(=O)Nc2ccccc2C#N)cc(Cl)c1O. The first kappa shape index (κ1) is 19.1. The molecule has 1 amide bonds. The first-order chi connectivity index (χ1) is 12.5. The van der Waals surface area contributed by atoms with Crippen molar-refractivity contribution < 1.29 is 24.2 Å². The van der Waals surface area contributed by atoms with Gasteiger partial charge in [0, 0.05) is 0 Å². The van der Waals surface area contributed by atoms with Gasteiger partial charge in [0.05, 0.1) is 28.4 Å². The maximum atomic E-state index is 12.1. The number of halogens is 1. The minimum atomic E-state index is -0.809. The van der Waals surface area contributed by atoms with Crippen LogP contribution in [0.25, 0.3) is 0 Å². The van der Waals surface area contributed by atoms with Crippen molar-refractivity contribution in [2.24, 2.45) is 0 Å². The number of phenolic OH excluding ortho intramolecular Hbond substituents is 1. The van der Waals surface area contributed by atoms with Crippen molar-refractivity contribution in [1.82, 2.24) is 0 Å². The fraction of sp³-hybridized carbons (Fsp3) is 0.167. The minimum absolute atomic E-state index is 0.0291. The Kier molecular flexibility index (Phi) is 6.42. The molecule has 0 aromatic heterocycles. The van der Waals surface area contributed by atoms with Gasteiger partial charge in [0.15, 0.2) is 18.1 Å². The van der Waals surface area contributed by atoms with E-state index in [2.05, 4.69) is 5.32 Å². The summed E-state index contributed by atoms with van der Waals surface area (Å²) < 4.78 is 10.1. The highest BCUT2D eigenvalue weighted by molar-refractivity contribution is 6.32. The Morgan fingerprint density at radius 3 is 2.73 bits per heavy atom. The molecule has 26 heavy (non-hydrogen) atoms. The van der Waals surface area contributed by atoms with Gasteiger partial charge in [-0.3, -0.25) is 4.79 Å². The van der Waals surface area contributed by atoms with Crippen molar-refractivity contribution in [2.75, 3.05) is 18.5 Å². The molecule has 0 aliphatic heterocycles. The second-order valence-electron chi connectivity index (χ2n) is 5.02. The van der Waals surface area contributed by atoms with E-state index in [1.54, 1.807) is 31.2 Å². The van der Waals surface area contributed by atoms with Crippen LogP contribution in [-0.2, 0) is 9.53 Å². The molecule has 0 spiro atoms. The number of nitrogens with one attached hydrogen (secondary N) is 1. The molecule has 2 rings (SSSR count). The summed E-state index contributed by atoms with van der Waals surface area (Å²) in [5.74, 6) is -1.65. The number of carbonyl (C=O) groups is 2. The van der Waals surface area contributed by atoms with Crippen molar-refractivity contribution >= 4 is 29.2 Å². The van der Waals surface area contributed by atoms with Gasteiger partial charge in [0.2, 0.25) is 0 Å². The Balaban J connectivity index is 2.02. The van der Waals surface area contributed by atoms with Gasteiger partial charge in [-0.15, -0.1) is 0 Å². The van der Waals surface area contributed by atoms with Crippen LogP contribution in [0, 0.1) is 11.3 Å². The van der Waals surface area contributed by atoms with E-state index < -0.39 is 18.5 Å². The minimum Gasteiger partial charge on any atom is -0.503 e. The molecule has 0 aliphatic carbocycles. The van der Waals surface area contributed by atoms with E-state index in [0.29, 0.717) is 11.3 Å². The quantitative estimate of drug-likeness (QED) is 0.752. The Morgan fingerprint density at radius 2 is 2.04 bits per heavy atom. The molecule has 0 atom stereocenters. The standard InChI is InChI=1S/C18H15ClN2O5/c1-2-25-15-8-12(7-13(19)17(15)23)18(24)26-10-16(22)21-14-6-4-3-5-11(14)9-20/h3-8,23H,2,10H2,1H3,(H,21,22). The topological polar surface area (TPSA) is 109 Å². The lowest BCUT2D eigenvalue weighted by Crippen LogP contribution is -2.21. The molecule has 2 N–H and O–H groups in total. The van der Waals surface area contributed by atoms with E-state index in [1.165, 1.54) is 12.1 Å². The lowest BCUT2D eigenvalue weighted by Gasteiger charge is -2.10. The number of hydrogen-bond acceptors (Lipinski definition) is 6. The Morgan fingerprint density at radius 1 is 1.31 bits per heavy atom. The number of aromatic hydroxyl groups is 1. The predicted octanol–water partition coefficient (Wildman–Crippen LogP) is 3.11.